The first-order valence-corrected chi connectivity index (χ1v) is 5.75. The van der Waals surface area contributed by atoms with Gasteiger partial charge in [-0.2, -0.15) is 0 Å². The van der Waals surface area contributed by atoms with Crippen LogP contribution in [0.5, 0.6) is 5.75 Å². The fourth-order valence-corrected chi connectivity index (χ4v) is 1.50. The average molecular weight is 240 g/mol. The fraction of sp³-hybridized carbons (Fsp3) is 0.538. The van der Waals surface area contributed by atoms with Crippen LogP contribution in [0.25, 0.3) is 0 Å². The van der Waals surface area contributed by atoms with Crippen molar-refractivity contribution in [3.63, 3.8) is 0 Å². The highest BCUT2D eigenvalue weighted by Crippen LogP contribution is 2.26. The first kappa shape index (κ1) is 14.0. The van der Waals surface area contributed by atoms with E-state index in [2.05, 4.69) is 0 Å². The molecule has 0 heterocycles. The topological polar surface area (TPSA) is 58.9 Å². The summed E-state index contributed by atoms with van der Waals surface area (Å²) in [4.78, 5) is 0. The summed E-state index contributed by atoms with van der Waals surface area (Å²) in [5, 5.41) is 18.2. The molecule has 0 bridgehead atoms. The third kappa shape index (κ3) is 4.73. The van der Waals surface area contributed by atoms with Gasteiger partial charge >= 0.3 is 0 Å². The smallest absolute Gasteiger partial charge is 0.125 e. The van der Waals surface area contributed by atoms with E-state index in [0.29, 0.717) is 25.6 Å². The summed E-state index contributed by atoms with van der Waals surface area (Å²) in [6, 6.07) is 5.70. The van der Waals surface area contributed by atoms with Crippen LogP contribution in [0.4, 0.5) is 0 Å². The lowest BCUT2D eigenvalue weighted by atomic mass is 10.1. The van der Waals surface area contributed by atoms with E-state index >= 15 is 0 Å². The van der Waals surface area contributed by atoms with E-state index in [1.54, 1.807) is 6.92 Å². The van der Waals surface area contributed by atoms with E-state index in [-0.39, 0.29) is 6.61 Å². The molecule has 4 nitrogen and oxygen atoms in total. The minimum atomic E-state index is -0.553. The van der Waals surface area contributed by atoms with Crippen molar-refractivity contribution in [1.29, 1.82) is 0 Å². The maximum atomic E-state index is 9.63. The first-order chi connectivity index (χ1) is 8.15. The molecule has 4 heteroatoms. The molecule has 1 aromatic carbocycles. The Kier molecular flexibility index (Phi) is 5.97. The number of benzene rings is 1. The molecule has 0 aromatic heterocycles. The monoisotopic (exact) mass is 240 g/mol. The standard InChI is InChI=1S/C13H20O4/c1-10-3-4-13(12(9-10)11(2)15)17-8-7-16-6-5-14/h3-4,9,11,14-15H,5-8H2,1-2H3/t11-/m0/s1. The zero-order valence-electron chi connectivity index (χ0n) is 10.3. The van der Waals surface area contributed by atoms with E-state index in [4.69, 9.17) is 14.6 Å². The first-order valence-electron chi connectivity index (χ1n) is 5.75. The molecule has 1 aromatic rings. The Morgan fingerprint density at radius 1 is 1.24 bits per heavy atom. The van der Waals surface area contributed by atoms with E-state index < -0.39 is 6.10 Å². The molecular formula is C13H20O4. The van der Waals surface area contributed by atoms with Crippen LogP contribution in [0, 0.1) is 6.92 Å². The van der Waals surface area contributed by atoms with Crippen LogP contribution in [0.2, 0.25) is 0 Å². The molecule has 17 heavy (non-hydrogen) atoms. The Labute approximate surface area is 102 Å². The van der Waals surface area contributed by atoms with Crippen molar-refractivity contribution in [1.82, 2.24) is 0 Å². The zero-order chi connectivity index (χ0) is 12.7. The number of aliphatic hydroxyl groups is 2. The van der Waals surface area contributed by atoms with Crippen LogP contribution < -0.4 is 4.74 Å². The summed E-state index contributed by atoms with van der Waals surface area (Å²) in [6.45, 7) is 4.85. The highest BCUT2D eigenvalue weighted by atomic mass is 16.5. The maximum absolute atomic E-state index is 9.63. The lowest BCUT2D eigenvalue weighted by Gasteiger charge is -2.14. The Morgan fingerprint density at radius 3 is 2.65 bits per heavy atom. The molecule has 1 rings (SSSR count). The van der Waals surface area contributed by atoms with Crippen LogP contribution in [-0.2, 0) is 4.74 Å². The van der Waals surface area contributed by atoms with Gasteiger partial charge in [-0.1, -0.05) is 11.6 Å². The summed E-state index contributed by atoms with van der Waals surface area (Å²) in [5.74, 6) is 0.679. The molecule has 0 unspecified atom stereocenters. The largest absolute Gasteiger partial charge is 0.491 e. The summed E-state index contributed by atoms with van der Waals surface area (Å²) in [5.41, 5.74) is 1.87. The number of ether oxygens (including phenoxy) is 2. The van der Waals surface area contributed by atoms with Gasteiger partial charge in [-0.05, 0) is 26.0 Å². The van der Waals surface area contributed by atoms with Gasteiger partial charge in [0.2, 0.25) is 0 Å². The van der Waals surface area contributed by atoms with Gasteiger partial charge in [0.25, 0.3) is 0 Å². The van der Waals surface area contributed by atoms with E-state index in [1.807, 2.05) is 25.1 Å². The Bertz CT molecular complexity index is 336. The lowest BCUT2D eigenvalue weighted by Crippen LogP contribution is -2.10. The van der Waals surface area contributed by atoms with Gasteiger partial charge in [0, 0.05) is 5.56 Å². The van der Waals surface area contributed by atoms with Gasteiger partial charge in [-0.15, -0.1) is 0 Å². The summed E-state index contributed by atoms with van der Waals surface area (Å²) < 4.78 is 10.6. The number of hydrogen-bond acceptors (Lipinski definition) is 4. The van der Waals surface area contributed by atoms with Crippen molar-refractivity contribution < 1.29 is 19.7 Å². The molecule has 1 atom stereocenters. The number of hydrogen-bond donors (Lipinski definition) is 2. The third-order valence-electron chi connectivity index (χ3n) is 2.34. The average Bonchev–Trinajstić information content (AvgIpc) is 2.30. The Morgan fingerprint density at radius 2 is 2.00 bits per heavy atom. The van der Waals surface area contributed by atoms with Crippen LogP contribution in [0.15, 0.2) is 18.2 Å². The van der Waals surface area contributed by atoms with E-state index in [1.165, 1.54) is 0 Å². The molecule has 0 aliphatic heterocycles. The van der Waals surface area contributed by atoms with Crippen molar-refractivity contribution in [2.24, 2.45) is 0 Å². The predicted molar refractivity (Wildman–Crippen MR) is 65.2 cm³/mol. The van der Waals surface area contributed by atoms with Crippen molar-refractivity contribution >= 4 is 0 Å². The number of aliphatic hydroxyl groups excluding tert-OH is 2. The highest BCUT2D eigenvalue weighted by Gasteiger charge is 2.09. The van der Waals surface area contributed by atoms with Gasteiger partial charge in [-0.25, -0.2) is 0 Å². The molecule has 96 valence electrons. The SMILES string of the molecule is Cc1ccc(OCCOCCO)c([C@H](C)O)c1. The molecule has 0 aliphatic rings. The van der Waals surface area contributed by atoms with Crippen LogP contribution >= 0.6 is 0 Å². The second-order valence-electron chi connectivity index (χ2n) is 3.90. The van der Waals surface area contributed by atoms with E-state index in [9.17, 15) is 5.11 Å². The molecule has 0 saturated carbocycles. The van der Waals surface area contributed by atoms with Crippen LogP contribution in [0.1, 0.15) is 24.2 Å². The predicted octanol–water partition coefficient (Wildman–Crippen LogP) is 1.44. The maximum Gasteiger partial charge on any atom is 0.125 e. The minimum absolute atomic E-state index is 0.0173. The number of aryl methyl sites for hydroxylation is 1. The van der Waals surface area contributed by atoms with Crippen LogP contribution in [0.3, 0.4) is 0 Å². The second kappa shape index (κ2) is 7.27. The molecule has 0 saturated heterocycles. The van der Waals surface area contributed by atoms with Gasteiger partial charge in [0.15, 0.2) is 0 Å². The molecular weight excluding hydrogens is 220 g/mol. The molecule has 0 aliphatic carbocycles. The van der Waals surface area contributed by atoms with Crippen molar-refractivity contribution in [3.8, 4) is 5.75 Å². The normalized spacial score (nSPS) is 12.5. The molecule has 0 radical (unpaired) electrons. The molecule has 0 fully saturated rings. The van der Waals surface area contributed by atoms with Crippen molar-refractivity contribution in [2.45, 2.75) is 20.0 Å². The lowest BCUT2D eigenvalue weighted by molar-refractivity contribution is 0.0695. The minimum Gasteiger partial charge on any atom is -0.491 e. The van der Waals surface area contributed by atoms with Gasteiger partial charge in [0.05, 0.1) is 25.9 Å². The molecule has 0 spiro atoms. The van der Waals surface area contributed by atoms with Crippen molar-refractivity contribution in [2.75, 3.05) is 26.4 Å². The van der Waals surface area contributed by atoms with Crippen molar-refractivity contribution in [3.05, 3.63) is 29.3 Å². The van der Waals surface area contributed by atoms with Gasteiger partial charge in [-0.3, -0.25) is 0 Å². The summed E-state index contributed by atoms with van der Waals surface area (Å²) in [6.07, 6.45) is -0.553. The summed E-state index contributed by atoms with van der Waals surface area (Å²) >= 11 is 0. The Hall–Kier alpha value is -1.10. The van der Waals surface area contributed by atoms with Gasteiger partial charge < -0.3 is 19.7 Å². The molecule has 0 amide bonds. The summed E-state index contributed by atoms with van der Waals surface area (Å²) in [7, 11) is 0. The fourth-order valence-electron chi connectivity index (χ4n) is 1.50. The van der Waals surface area contributed by atoms with Gasteiger partial charge in [0.1, 0.15) is 12.4 Å². The zero-order valence-corrected chi connectivity index (χ0v) is 10.3. The number of rotatable bonds is 7. The quantitative estimate of drug-likeness (QED) is 0.708. The van der Waals surface area contributed by atoms with E-state index in [0.717, 1.165) is 11.1 Å². The third-order valence-corrected chi connectivity index (χ3v) is 2.34. The Balaban J connectivity index is 2.52. The van der Waals surface area contributed by atoms with Crippen LogP contribution in [-0.4, -0.2) is 36.6 Å². The second-order valence-corrected chi connectivity index (χ2v) is 3.90. The molecule has 2 N–H and O–H groups in total. The highest BCUT2D eigenvalue weighted by molar-refractivity contribution is 5.38.